The Kier molecular flexibility index (Phi) is 3.35. The lowest BCUT2D eigenvalue weighted by atomic mass is 10.0. The minimum atomic E-state index is 0.276. The van der Waals surface area contributed by atoms with Gasteiger partial charge in [-0.1, -0.05) is 13.3 Å². The molecule has 3 rings (SSSR count). The van der Waals surface area contributed by atoms with E-state index in [1.54, 1.807) is 0 Å². The standard InChI is InChI=1S/C13H22N4O/c1-3-4-11-13-16-15-12(17(13)7-6-14-11)10-5-8-18-9(10)2/h9-11,14H,3-8H2,1-2H3. The predicted octanol–water partition coefficient (Wildman–Crippen LogP) is 1.61. The second-order valence-electron chi connectivity index (χ2n) is 5.33. The Bertz CT molecular complexity index is 417. The molecule has 0 amide bonds. The van der Waals surface area contributed by atoms with Gasteiger partial charge in [0.25, 0.3) is 0 Å². The van der Waals surface area contributed by atoms with Gasteiger partial charge in [-0.3, -0.25) is 0 Å². The fourth-order valence-electron chi connectivity index (χ4n) is 3.12. The maximum atomic E-state index is 5.66. The Hall–Kier alpha value is -0.940. The number of rotatable bonds is 3. The topological polar surface area (TPSA) is 52.0 Å². The zero-order valence-corrected chi connectivity index (χ0v) is 11.2. The molecule has 0 radical (unpaired) electrons. The Labute approximate surface area is 108 Å². The fourth-order valence-corrected chi connectivity index (χ4v) is 3.12. The number of nitrogens with zero attached hydrogens (tertiary/aromatic N) is 3. The summed E-state index contributed by atoms with van der Waals surface area (Å²) >= 11 is 0. The molecule has 1 fully saturated rings. The Balaban J connectivity index is 1.89. The van der Waals surface area contributed by atoms with Crippen LogP contribution < -0.4 is 5.32 Å². The van der Waals surface area contributed by atoms with Crippen LogP contribution in [0.3, 0.4) is 0 Å². The molecule has 3 atom stereocenters. The third kappa shape index (κ3) is 1.95. The van der Waals surface area contributed by atoms with E-state index in [9.17, 15) is 0 Å². The van der Waals surface area contributed by atoms with Gasteiger partial charge in [-0.15, -0.1) is 10.2 Å². The zero-order valence-electron chi connectivity index (χ0n) is 11.2. The summed E-state index contributed by atoms with van der Waals surface area (Å²) in [4.78, 5) is 0. The van der Waals surface area contributed by atoms with Crippen LogP contribution in [0.2, 0.25) is 0 Å². The molecule has 0 bridgehead atoms. The average Bonchev–Trinajstić information content (AvgIpc) is 2.96. The van der Waals surface area contributed by atoms with E-state index in [2.05, 4.69) is 33.9 Å². The van der Waals surface area contributed by atoms with Crippen molar-refractivity contribution in [2.45, 2.75) is 57.7 Å². The molecule has 18 heavy (non-hydrogen) atoms. The molecule has 1 N–H and O–H groups in total. The van der Waals surface area contributed by atoms with E-state index >= 15 is 0 Å². The first-order valence-corrected chi connectivity index (χ1v) is 7.09. The summed E-state index contributed by atoms with van der Waals surface area (Å²) in [5.74, 6) is 2.68. The quantitative estimate of drug-likeness (QED) is 0.885. The van der Waals surface area contributed by atoms with Crippen molar-refractivity contribution in [1.82, 2.24) is 20.1 Å². The highest BCUT2D eigenvalue weighted by molar-refractivity contribution is 5.10. The molecule has 2 aliphatic rings. The van der Waals surface area contributed by atoms with E-state index in [4.69, 9.17) is 4.74 Å². The van der Waals surface area contributed by atoms with Crippen molar-refractivity contribution in [1.29, 1.82) is 0 Å². The Morgan fingerprint density at radius 3 is 2.94 bits per heavy atom. The first kappa shape index (κ1) is 12.1. The number of hydrogen-bond acceptors (Lipinski definition) is 4. The van der Waals surface area contributed by atoms with Crippen LogP contribution in [0.5, 0.6) is 0 Å². The van der Waals surface area contributed by atoms with Gasteiger partial charge in [0.2, 0.25) is 0 Å². The van der Waals surface area contributed by atoms with Gasteiger partial charge in [-0.05, 0) is 19.8 Å². The highest BCUT2D eigenvalue weighted by Crippen LogP contribution is 2.32. The monoisotopic (exact) mass is 250 g/mol. The number of fused-ring (bicyclic) bond motifs is 1. The van der Waals surface area contributed by atoms with Crippen LogP contribution >= 0.6 is 0 Å². The molecular formula is C13H22N4O. The summed E-state index contributed by atoms with van der Waals surface area (Å²) in [6, 6.07) is 0.377. The van der Waals surface area contributed by atoms with E-state index in [0.717, 1.165) is 44.2 Å². The normalized spacial score (nSPS) is 31.6. The third-order valence-electron chi connectivity index (χ3n) is 4.13. The highest BCUT2D eigenvalue weighted by Gasteiger charge is 2.33. The third-order valence-corrected chi connectivity index (χ3v) is 4.13. The van der Waals surface area contributed by atoms with Crippen molar-refractivity contribution in [3.8, 4) is 0 Å². The molecule has 5 heteroatoms. The van der Waals surface area contributed by atoms with Crippen molar-refractivity contribution < 1.29 is 4.74 Å². The number of nitrogens with one attached hydrogen (secondary N) is 1. The Morgan fingerprint density at radius 1 is 1.39 bits per heavy atom. The van der Waals surface area contributed by atoms with Crippen LogP contribution in [-0.2, 0) is 11.3 Å². The predicted molar refractivity (Wildman–Crippen MR) is 68.4 cm³/mol. The van der Waals surface area contributed by atoms with E-state index in [1.807, 2.05) is 0 Å². The molecule has 0 spiro atoms. The van der Waals surface area contributed by atoms with Crippen LogP contribution in [0.15, 0.2) is 0 Å². The largest absolute Gasteiger partial charge is 0.378 e. The first-order valence-electron chi connectivity index (χ1n) is 7.09. The molecule has 0 saturated carbocycles. The van der Waals surface area contributed by atoms with Crippen LogP contribution in [0.4, 0.5) is 0 Å². The van der Waals surface area contributed by atoms with Crippen molar-refractivity contribution >= 4 is 0 Å². The smallest absolute Gasteiger partial charge is 0.150 e. The average molecular weight is 250 g/mol. The number of aromatic nitrogens is 3. The molecule has 5 nitrogen and oxygen atoms in total. The van der Waals surface area contributed by atoms with Gasteiger partial charge in [0.15, 0.2) is 0 Å². The molecule has 0 aliphatic carbocycles. The SMILES string of the molecule is CCCC1NCCn2c1nnc2C1CCOC1C. The van der Waals surface area contributed by atoms with Crippen molar-refractivity contribution in [2.24, 2.45) is 0 Å². The summed E-state index contributed by atoms with van der Waals surface area (Å²) in [5.41, 5.74) is 0. The lowest BCUT2D eigenvalue weighted by molar-refractivity contribution is 0.116. The summed E-state index contributed by atoms with van der Waals surface area (Å²) in [6.07, 6.45) is 3.65. The molecule has 1 aromatic rings. The fraction of sp³-hybridized carbons (Fsp3) is 0.846. The maximum absolute atomic E-state index is 5.66. The van der Waals surface area contributed by atoms with Gasteiger partial charge in [0.05, 0.1) is 12.1 Å². The molecule has 1 saturated heterocycles. The van der Waals surface area contributed by atoms with E-state index in [1.165, 1.54) is 6.42 Å². The number of ether oxygens (including phenoxy) is 1. The van der Waals surface area contributed by atoms with Crippen molar-refractivity contribution in [3.05, 3.63) is 11.6 Å². The van der Waals surface area contributed by atoms with Gasteiger partial charge < -0.3 is 14.6 Å². The maximum Gasteiger partial charge on any atom is 0.150 e. The van der Waals surface area contributed by atoms with E-state index in [0.29, 0.717) is 12.0 Å². The van der Waals surface area contributed by atoms with Crippen molar-refractivity contribution in [2.75, 3.05) is 13.2 Å². The Morgan fingerprint density at radius 2 is 2.22 bits per heavy atom. The van der Waals surface area contributed by atoms with E-state index in [-0.39, 0.29) is 6.10 Å². The lowest BCUT2D eigenvalue weighted by Crippen LogP contribution is -2.34. The molecule has 3 heterocycles. The summed E-state index contributed by atoms with van der Waals surface area (Å²) in [5, 5.41) is 12.4. The van der Waals surface area contributed by atoms with E-state index < -0.39 is 0 Å². The molecule has 3 unspecified atom stereocenters. The van der Waals surface area contributed by atoms with Crippen LogP contribution in [0, 0.1) is 0 Å². The van der Waals surface area contributed by atoms with Crippen LogP contribution in [0.25, 0.3) is 0 Å². The first-order chi connectivity index (χ1) is 8.81. The van der Waals surface area contributed by atoms with Gasteiger partial charge in [-0.25, -0.2) is 0 Å². The van der Waals surface area contributed by atoms with Crippen molar-refractivity contribution in [3.63, 3.8) is 0 Å². The summed E-state index contributed by atoms with van der Waals surface area (Å²) in [7, 11) is 0. The van der Waals surface area contributed by atoms with Gasteiger partial charge in [0.1, 0.15) is 11.6 Å². The molecule has 100 valence electrons. The van der Waals surface area contributed by atoms with Crippen LogP contribution in [-0.4, -0.2) is 34.0 Å². The lowest BCUT2D eigenvalue weighted by Gasteiger charge is -2.26. The minimum absolute atomic E-state index is 0.276. The molecule has 2 aliphatic heterocycles. The molecular weight excluding hydrogens is 228 g/mol. The molecule has 0 aromatic carbocycles. The number of hydrogen-bond donors (Lipinski definition) is 1. The highest BCUT2D eigenvalue weighted by atomic mass is 16.5. The van der Waals surface area contributed by atoms with Crippen LogP contribution in [0.1, 0.15) is 56.7 Å². The second kappa shape index (κ2) is 4.97. The molecule has 1 aromatic heterocycles. The summed E-state index contributed by atoms with van der Waals surface area (Å²) in [6.45, 7) is 7.21. The zero-order chi connectivity index (χ0) is 12.5. The summed E-state index contributed by atoms with van der Waals surface area (Å²) < 4.78 is 7.98. The second-order valence-corrected chi connectivity index (χ2v) is 5.33. The van der Waals surface area contributed by atoms with Gasteiger partial charge >= 0.3 is 0 Å². The minimum Gasteiger partial charge on any atom is -0.378 e. The van der Waals surface area contributed by atoms with Gasteiger partial charge in [0, 0.05) is 25.6 Å². The van der Waals surface area contributed by atoms with Gasteiger partial charge in [-0.2, -0.15) is 0 Å².